The zero-order chi connectivity index (χ0) is 22.9. The van der Waals surface area contributed by atoms with Crippen LogP contribution < -0.4 is 15.5 Å². The molecule has 0 aromatic heterocycles. The van der Waals surface area contributed by atoms with Crippen molar-refractivity contribution in [2.24, 2.45) is 5.92 Å². The molecule has 0 aliphatic carbocycles. The maximum Gasteiger partial charge on any atom is 0.261 e. The lowest BCUT2D eigenvalue weighted by Gasteiger charge is -2.30. The summed E-state index contributed by atoms with van der Waals surface area (Å²) < 4.78 is 0. The molecule has 0 spiro atoms. The Balaban J connectivity index is 1.51. The number of hydrogen-bond acceptors (Lipinski definition) is 6. The summed E-state index contributed by atoms with van der Waals surface area (Å²) in [7, 11) is 0. The van der Waals surface area contributed by atoms with Crippen LogP contribution in [0.25, 0.3) is 0 Å². The Kier molecular flexibility index (Phi) is 6.32. The fourth-order valence-corrected chi connectivity index (χ4v) is 4.78. The first-order valence-electron chi connectivity index (χ1n) is 11.1. The largest absolute Gasteiger partial charge is 0.394 e. The van der Waals surface area contributed by atoms with Crippen molar-refractivity contribution in [3.8, 4) is 0 Å². The normalized spacial score (nSPS) is 26.5. The van der Waals surface area contributed by atoms with Crippen LogP contribution in [0.5, 0.6) is 0 Å². The van der Waals surface area contributed by atoms with Crippen LogP contribution in [0.2, 0.25) is 0 Å². The summed E-state index contributed by atoms with van der Waals surface area (Å²) in [5, 5.41) is 26.6. The van der Waals surface area contributed by atoms with E-state index < -0.39 is 17.4 Å². The number of likely N-dealkylation sites (tertiary alicyclic amines) is 1. The quantitative estimate of drug-likeness (QED) is 0.471. The molecule has 0 radical (unpaired) electrons. The number of aliphatic hydroxyl groups is 2. The van der Waals surface area contributed by atoms with Crippen molar-refractivity contribution in [2.45, 2.75) is 37.8 Å². The average molecular weight is 443 g/mol. The van der Waals surface area contributed by atoms with Gasteiger partial charge in [-0.25, -0.2) is 0 Å². The molecule has 9 heteroatoms. The molecular weight excluding hydrogens is 412 g/mol. The van der Waals surface area contributed by atoms with Gasteiger partial charge in [-0.1, -0.05) is 19.1 Å². The standard InChI is InChI=1S/C23H30N4O5/c1-15(4-2-6-20(29)26-10-3-5-17(26)14-28)23(32)18-12-16(7-8-19(18)25-22(23)31)27-11-9-24-13-21(27)30/h2,4,7-8,12,15,17,24,28,32H,3,5-6,9-11,13-14H2,1H3,(H,25,31)/b4-2+/t15-,17+,23+/m1/s1. The molecule has 3 aliphatic rings. The van der Waals surface area contributed by atoms with Crippen molar-refractivity contribution in [3.63, 3.8) is 0 Å². The molecule has 0 saturated carbocycles. The predicted octanol–water partition coefficient (Wildman–Crippen LogP) is 0.328. The third kappa shape index (κ3) is 3.92. The Bertz CT molecular complexity index is 948. The van der Waals surface area contributed by atoms with E-state index in [1.807, 2.05) is 0 Å². The highest BCUT2D eigenvalue weighted by atomic mass is 16.3. The first-order chi connectivity index (χ1) is 15.4. The van der Waals surface area contributed by atoms with Gasteiger partial charge < -0.3 is 30.6 Å². The van der Waals surface area contributed by atoms with Crippen molar-refractivity contribution in [1.82, 2.24) is 10.2 Å². The van der Waals surface area contributed by atoms with Crippen molar-refractivity contribution in [1.29, 1.82) is 0 Å². The van der Waals surface area contributed by atoms with Gasteiger partial charge in [0.25, 0.3) is 5.91 Å². The first kappa shape index (κ1) is 22.4. The number of rotatable bonds is 6. The smallest absolute Gasteiger partial charge is 0.261 e. The predicted molar refractivity (Wildman–Crippen MR) is 119 cm³/mol. The summed E-state index contributed by atoms with van der Waals surface area (Å²) in [6.07, 6.45) is 5.18. The topological polar surface area (TPSA) is 122 Å². The van der Waals surface area contributed by atoms with Gasteiger partial charge in [0, 0.05) is 48.9 Å². The number of carbonyl (C=O) groups is 3. The van der Waals surface area contributed by atoms with E-state index >= 15 is 0 Å². The Morgan fingerprint density at radius 2 is 2.16 bits per heavy atom. The summed E-state index contributed by atoms with van der Waals surface area (Å²) in [5.41, 5.74) is -0.221. The van der Waals surface area contributed by atoms with Crippen molar-refractivity contribution < 1.29 is 24.6 Å². The third-order valence-corrected chi connectivity index (χ3v) is 6.69. The number of anilines is 2. The number of nitrogens with zero attached hydrogens (tertiary/aromatic N) is 2. The van der Waals surface area contributed by atoms with Crippen LogP contribution in [0, 0.1) is 5.92 Å². The first-order valence-corrected chi connectivity index (χ1v) is 11.1. The Morgan fingerprint density at radius 3 is 2.91 bits per heavy atom. The fourth-order valence-electron chi connectivity index (χ4n) is 4.78. The number of amides is 3. The summed E-state index contributed by atoms with van der Waals surface area (Å²) in [6, 6.07) is 5.04. The second-order valence-electron chi connectivity index (χ2n) is 8.66. The van der Waals surface area contributed by atoms with E-state index in [1.54, 1.807) is 47.1 Å². The lowest BCUT2D eigenvalue weighted by Crippen LogP contribution is -2.48. The molecule has 3 aliphatic heterocycles. The number of nitrogens with one attached hydrogen (secondary N) is 2. The van der Waals surface area contributed by atoms with E-state index in [0.29, 0.717) is 36.6 Å². The molecule has 9 nitrogen and oxygen atoms in total. The minimum absolute atomic E-state index is 0.0412. The minimum atomic E-state index is -1.80. The molecule has 4 N–H and O–H groups in total. The van der Waals surface area contributed by atoms with E-state index in [-0.39, 0.29) is 37.4 Å². The summed E-state index contributed by atoms with van der Waals surface area (Å²) >= 11 is 0. The van der Waals surface area contributed by atoms with Crippen LogP contribution in [0.4, 0.5) is 11.4 Å². The molecular formula is C23H30N4O5. The van der Waals surface area contributed by atoms with E-state index in [0.717, 1.165) is 12.8 Å². The lowest BCUT2D eigenvalue weighted by molar-refractivity contribution is -0.137. The number of piperazine rings is 1. The zero-order valence-electron chi connectivity index (χ0n) is 18.2. The van der Waals surface area contributed by atoms with Crippen LogP contribution in [0.3, 0.4) is 0 Å². The average Bonchev–Trinajstić information content (AvgIpc) is 3.37. The molecule has 3 amide bonds. The number of carbonyl (C=O) groups excluding carboxylic acids is 3. The number of benzene rings is 1. The minimum Gasteiger partial charge on any atom is -0.394 e. The van der Waals surface area contributed by atoms with Crippen LogP contribution in [-0.4, -0.2) is 71.7 Å². The van der Waals surface area contributed by atoms with Gasteiger partial charge in [-0.15, -0.1) is 0 Å². The highest BCUT2D eigenvalue weighted by Gasteiger charge is 2.49. The molecule has 172 valence electrons. The Hall–Kier alpha value is -2.75. The zero-order valence-corrected chi connectivity index (χ0v) is 18.2. The summed E-state index contributed by atoms with van der Waals surface area (Å²) in [4.78, 5) is 40.8. The molecule has 1 aromatic rings. The van der Waals surface area contributed by atoms with Crippen molar-refractivity contribution >= 4 is 29.1 Å². The third-order valence-electron chi connectivity index (χ3n) is 6.69. The van der Waals surface area contributed by atoms with Gasteiger partial charge in [0.2, 0.25) is 11.8 Å². The highest BCUT2D eigenvalue weighted by Crippen LogP contribution is 2.43. The molecule has 2 saturated heterocycles. The van der Waals surface area contributed by atoms with Crippen molar-refractivity contribution in [2.75, 3.05) is 43.0 Å². The molecule has 0 bridgehead atoms. The van der Waals surface area contributed by atoms with E-state index in [1.165, 1.54) is 0 Å². The highest BCUT2D eigenvalue weighted by molar-refractivity contribution is 6.06. The number of hydrogen-bond donors (Lipinski definition) is 4. The molecule has 1 aromatic carbocycles. The van der Waals surface area contributed by atoms with Gasteiger partial charge in [0.1, 0.15) is 0 Å². The molecule has 4 rings (SSSR count). The van der Waals surface area contributed by atoms with Gasteiger partial charge in [0.15, 0.2) is 5.60 Å². The lowest BCUT2D eigenvalue weighted by atomic mass is 9.82. The van der Waals surface area contributed by atoms with E-state index in [9.17, 15) is 24.6 Å². The fraction of sp³-hybridized carbons (Fsp3) is 0.522. The molecule has 32 heavy (non-hydrogen) atoms. The SMILES string of the molecule is C[C@H](/C=C/CC(=O)N1CCC[C@H]1CO)[C@@]1(O)C(=O)Nc2ccc(N3CCNCC3=O)cc21. The maximum absolute atomic E-state index is 12.7. The second kappa shape index (κ2) is 9.01. The molecule has 3 heterocycles. The number of aliphatic hydroxyl groups excluding tert-OH is 1. The Morgan fingerprint density at radius 1 is 1.34 bits per heavy atom. The van der Waals surface area contributed by atoms with Gasteiger partial charge in [-0.3, -0.25) is 14.4 Å². The maximum atomic E-state index is 12.7. The van der Waals surface area contributed by atoms with E-state index in [4.69, 9.17) is 0 Å². The van der Waals surface area contributed by atoms with Crippen LogP contribution in [0.15, 0.2) is 30.4 Å². The summed E-state index contributed by atoms with van der Waals surface area (Å²) in [5.74, 6) is -1.27. The van der Waals surface area contributed by atoms with Crippen molar-refractivity contribution in [3.05, 3.63) is 35.9 Å². The van der Waals surface area contributed by atoms with Crippen LogP contribution in [0.1, 0.15) is 31.7 Å². The van der Waals surface area contributed by atoms with Gasteiger partial charge in [0.05, 0.1) is 19.2 Å². The number of fused-ring (bicyclic) bond motifs is 1. The molecule has 3 atom stereocenters. The van der Waals surface area contributed by atoms with Gasteiger partial charge in [-0.2, -0.15) is 0 Å². The van der Waals surface area contributed by atoms with Crippen LogP contribution >= 0.6 is 0 Å². The Labute approximate surface area is 187 Å². The van der Waals surface area contributed by atoms with E-state index in [2.05, 4.69) is 10.6 Å². The van der Waals surface area contributed by atoms with Gasteiger partial charge in [-0.05, 0) is 31.0 Å². The van der Waals surface area contributed by atoms with Crippen LogP contribution in [-0.2, 0) is 20.0 Å². The molecule has 2 fully saturated rings. The monoisotopic (exact) mass is 442 g/mol. The second-order valence-corrected chi connectivity index (χ2v) is 8.66. The van der Waals surface area contributed by atoms with Gasteiger partial charge >= 0.3 is 0 Å². The molecule has 0 unspecified atom stereocenters. The summed E-state index contributed by atoms with van der Waals surface area (Å²) in [6.45, 7) is 3.76.